The van der Waals surface area contributed by atoms with Crippen LogP contribution in [0.1, 0.15) is 48.3 Å². The lowest BCUT2D eigenvalue weighted by Gasteiger charge is -2.20. The van der Waals surface area contributed by atoms with E-state index in [1.807, 2.05) is 13.8 Å². The van der Waals surface area contributed by atoms with Crippen LogP contribution in [0.3, 0.4) is 0 Å². The molecule has 0 aliphatic carbocycles. The Hall–Kier alpha value is -1.41. The summed E-state index contributed by atoms with van der Waals surface area (Å²) < 4.78 is 30.5. The van der Waals surface area contributed by atoms with Gasteiger partial charge >= 0.3 is 0 Å². The molecule has 2 fully saturated rings. The van der Waals surface area contributed by atoms with E-state index in [-0.39, 0.29) is 35.6 Å². The Bertz CT molecular complexity index is 692. The van der Waals surface area contributed by atoms with E-state index in [9.17, 15) is 13.2 Å². The van der Waals surface area contributed by atoms with Gasteiger partial charge in [0.1, 0.15) is 0 Å². The molecule has 0 spiro atoms. The Labute approximate surface area is 136 Å². The van der Waals surface area contributed by atoms with Crippen molar-refractivity contribution in [2.24, 2.45) is 0 Å². The number of rotatable bonds is 4. The summed E-state index contributed by atoms with van der Waals surface area (Å²) in [5.41, 5.74) is 1.21. The lowest BCUT2D eigenvalue weighted by atomic mass is 10.1. The van der Waals surface area contributed by atoms with Gasteiger partial charge in [-0.05, 0) is 33.1 Å². The second-order valence-electron chi connectivity index (χ2n) is 6.46. The fourth-order valence-corrected chi connectivity index (χ4v) is 5.05. The number of nitrogens with zero attached hydrogens (tertiary/aromatic N) is 2. The van der Waals surface area contributed by atoms with Crippen LogP contribution in [0.4, 0.5) is 0 Å². The van der Waals surface area contributed by atoms with Crippen LogP contribution in [0.2, 0.25) is 0 Å². The highest BCUT2D eigenvalue weighted by molar-refractivity contribution is 7.91. The number of carbonyl (C=O) groups is 1. The largest absolute Gasteiger partial charge is 0.376 e. The predicted octanol–water partition coefficient (Wildman–Crippen LogP) is 0.848. The lowest BCUT2D eigenvalue weighted by molar-refractivity contribution is 0.0712. The average Bonchev–Trinajstić information content (AvgIpc) is 3.18. The molecule has 1 amide bonds. The van der Waals surface area contributed by atoms with E-state index in [1.54, 1.807) is 4.68 Å². The minimum absolute atomic E-state index is 0.0559. The maximum atomic E-state index is 12.4. The van der Waals surface area contributed by atoms with Crippen molar-refractivity contribution >= 4 is 15.7 Å². The van der Waals surface area contributed by atoms with Gasteiger partial charge in [-0.2, -0.15) is 5.10 Å². The molecule has 3 unspecified atom stereocenters. The van der Waals surface area contributed by atoms with Crippen LogP contribution in [0, 0.1) is 6.92 Å². The van der Waals surface area contributed by atoms with Crippen LogP contribution in [0.25, 0.3) is 0 Å². The van der Waals surface area contributed by atoms with Crippen LogP contribution in [0.15, 0.2) is 6.20 Å². The first-order chi connectivity index (χ1) is 10.9. The van der Waals surface area contributed by atoms with Crippen LogP contribution in [-0.2, 0) is 14.6 Å². The molecule has 1 aromatic rings. The van der Waals surface area contributed by atoms with E-state index in [1.165, 1.54) is 6.20 Å². The molecule has 1 aromatic heterocycles. The number of amides is 1. The van der Waals surface area contributed by atoms with Crippen molar-refractivity contribution in [3.8, 4) is 0 Å². The monoisotopic (exact) mass is 341 g/mol. The Morgan fingerprint density at radius 3 is 2.87 bits per heavy atom. The van der Waals surface area contributed by atoms with Gasteiger partial charge < -0.3 is 10.1 Å². The molecule has 8 heteroatoms. The number of nitrogens with one attached hydrogen (secondary N) is 1. The van der Waals surface area contributed by atoms with Crippen LogP contribution in [-0.4, -0.2) is 54.4 Å². The zero-order chi connectivity index (χ0) is 16.6. The van der Waals surface area contributed by atoms with Gasteiger partial charge in [0.25, 0.3) is 5.91 Å². The second kappa shape index (κ2) is 6.24. The van der Waals surface area contributed by atoms with Gasteiger partial charge in [-0.1, -0.05) is 0 Å². The first-order valence-electron chi connectivity index (χ1n) is 8.04. The molecule has 3 heterocycles. The number of sulfone groups is 1. The van der Waals surface area contributed by atoms with Crippen LogP contribution in [0.5, 0.6) is 0 Å². The predicted molar refractivity (Wildman–Crippen MR) is 85.2 cm³/mol. The minimum atomic E-state index is -2.98. The molecule has 2 aliphatic rings. The molecule has 0 saturated carbocycles. The smallest absolute Gasteiger partial charge is 0.255 e. The summed E-state index contributed by atoms with van der Waals surface area (Å²) in [6, 6.07) is -0.225. The first kappa shape index (κ1) is 16.4. The molecule has 23 heavy (non-hydrogen) atoms. The molecule has 3 rings (SSSR count). The van der Waals surface area contributed by atoms with Crippen molar-refractivity contribution < 1.29 is 17.9 Å². The summed E-state index contributed by atoms with van der Waals surface area (Å²) in [5, 5.41) is 7.21. The number of aromatic nitrogens is 2. The number of hydrogen-bond donors (Lipinski definition) is 1. The van der Waals surface area contributed by atoms with E-state index in [0.29, 0.717) is 17.7 Å². The molecule has 2 saturated heterocycles. The second-order valence-corrected chi connectivity index (χ2v) is 8.69. The normalized spacial score (nSPS) is 27.9. The van der Waals surface area contributed by atoms with Crippen molar-refractivity contribution in [1.29, 1.82) is 0 Å². The highest BCUT2D eigenvalue weighted by Gasteiger charge is 2.32. The van der Waals surface area contributed by atoms with E-state index in [2.05, 4.69) is 10.4 Å². The third kappa shape index (κ3) is 3.42. The summed E-state index contributed by atoms with van der Waals surface area (Å²) in [6.07, 6.45) is 4.13. The highest BCUT2D eigenvalue weighted by Crippen LogP contribution is 2.25. The SMILES string of the molecule is Cc1c(C(=O)NC(C)C2CCCO2)cnn1C1CCS(=O)(=O)C1. The molecule has 0 aromatic carbocycles. The zero-order valence-electron chi connectivity index (χ0n) is 13.5. The first-order valence-corrected chi connectivity index (χ1v) is 9.86. The Morgan fingerprint density at radius 2 is 2.26 bits per heavy atom. The molecule has 2 aliphatic heterocycles. The molecule has 1 N–H and O–H groups in total. The zero-order valence-corrected chi connectivity index (χ0v) is 14.3. The summed E-state index contributed by atoms with van der Waals surface area (Å²) in [6.45, 7) is 4.50. The summed E-state index contributed by atoms with van der Waals surface area (Å²) in [5.74, 6) is 0.106. The minimum Gasteiger partial charge on any atom is -0.376 e. The molecule has 3 atom stereocenters. The third-order valence-corrected chi connectivity index (χ3v) is 6.48. The van der Waals surface area contributed by atoms with E-state index in [4.69, 9.17) is 4.74 Å². The topological polar surface area (TPSA) is 90.3 Å². The molecule has 0 radical (unpaired) electrons. The van der Waals surface area contributed by atoms with Gasteiger partial charge in [0.05, 0.1) is 41.5 Å². The van der Waals surface area contributed by atoms with Gasteiger partial charge in [0.15, 0.2) is 9.84 Å². The Kier molecular flexibility index (Phi) is 4.46. The van der Waals surface area contributed by atoms with Gasteiger partial charge in [0, 0.05) is 12.3 Å². The Balaban J connectivity index is 1.70. The third-order valence-electron chi connectivity index (χ3n) is 4.72. The van der Waals surface area contributed by atoms with E-state index in [0.717, 1.165) is 19.4 Å². The summed E-state index contributed by atoms with van der Waals surface area (Å²) in [4.78, 5) is 12.4. The number of carbonyl (C=O) groups excluding carboxylic acids is 1. The van der Waals surface area contributed by atoms with Crippen molar-refractivity contribution in [2.75, 3.05) is 18.1 Å². The Morgan fingerprint density at radius 1 is 1.48 bits per heavy atom. The van der Waals surface area contributed by atoms with Gasteiger partial charge in [-0.3, -0.25) is 9.48 Å². The molecular formula is C15H23N3O4S. The molecule has 7 nitrogen and oxygen atoms in total. The van der Waals surface area contributed by atoms with Gasteiger partial charge in [0.2, 0.25) is 0 Å². The maximum Gasteiger partial charge on any atom is 0.255 e. The lowest BCUT2D eigenvalue weighted by Crippen LogP contribution is -2.41. The maximum absolute atomic E-state index is 12.4. The fourth-order valence-electron chi connectivity index (χ4n) is 3.36. The van der Waals surface area contributed by atoms with Crippen LogP contribution >= 0.6 is 0 Å². The van der Waals surface area contributed by atoms with Crippen molar-refractivity contribution in [3.63, 3.8) is 0 Å². The number of ether oxygens (including phenoxy) is 1. The van der Waals surface area contributed by atoms with E-state index < -0.39 is 9.84 Å². The molecule has 128 valence electrons. The van der Waals surface area contributed by atoms with Crippen LogP contribution < -0.4 is 5.32 Å². The van der Waals surface area contributed by atoms with Gasteiger partial charge in [-0.25, -0.2) is 8.42 Å². The fraction of sp³-hybridized carbons (Fsp3) is 0.733. The standard InChI is InChI=1S/C15H23N3O4S/c1-10(14-4-3-6-22-14)17-15(19)13-8-16-18(11(13)2)12-5-7-23(20,21)9-12/h8,10,12,14H,3-7,9H2,1-2H3,(H,17,19). The average molecular weight is 341 g/mol. The summed E-state index contributed by atoms with van der Waals surface area (Å²) in [7, 11) is -2.98. The van der Waals surface area contributed by atoms with E-state index >= 15 is 0 Å². The molecular weight excluding hydrogens is 318 g/mol. The van der Waals surface area contributed by atoms with Crippen molar-refractivity contribution in [1.82, 2.24) is 15.1 Å². The van der Waals surface area contributed by atoms with Gasteiger partial charge in [-0.15, -0.1) is 0 Å². The molecule has 0 bridgehead atoms. The quantitative estimate of drug-likeness (QED) is 0.877. The van der Waals surface area contributed by atoms with Crippen molar-refractivity contribution in [3.05, 3.63) is 17.5 Å². The summed E-state index contributed by atoms with van der Waals surface area (Å²) >= 11 is 0. The highest BCUT2D eigenvalue weighted by atomic mass is 32.2. The van der Waals surface area contributed by atoms with Crippen molar-refractivity contribution in [2.45, 2.75) is 51.3 Å². The number of hydrogen-bond acceptors (Lipinski definition) is 5.